The SMILES string of the molecule is CC#CC(C)[C@@H](N)C(=O)O. The van der Waals surface area contributed by atoms with Crippen LogP contribution in [0.15, 0.2) is 0 Å². The minimum Gasteiger partial charge on any atom is -0.480 e. The molecule has 0 heterocycles. The Morgan fingerprint density at radius 2 is 2.20 bits per heavy atom. The first-order chi connectivity index (χ1) is 4.59. The van der Waals surface area contributed by atoms with Gasteiger partial charge in [-0.1, -0.05) is 5.92 Å². The number of carboxylic acid groups (broad SMARTS) is 1. The van der Waals surface area contributed by atoms with Crippen molar-refractivity contribution < 1.29 is 9.90 Å². The van der Waals surface area contributed by atoms with Gasteiger partial charge in [0.1, 0.15) is 6.04 Å². The topological polar surface area (TPSA) is 63.3 Å². The second kappa shape index (κ2) is 3.91. The first-order valence-corrected chi connectivity index (χ1v) is 3.00. The Morgan fingerprint density at radius 1 is 1.70 bits per heavy atom. The van der Waals surface area contributed by atoms with E-state index in [-0.39, 0.29) is 5.92 Å². The highest BCUT2D eigenvalue weighted by atomic mass is 16.4. The van der Waals surface area contributed by atoms with Crippen LogP contribution in [0, 0.1) is 17.8 Å². The monoisotopic (exact) mass is 141 g/mol. The van der Waals surface area contributed by atoms with Crippen LogP contribution in [0.3, 0.4) is 0 Å². The average molecular weight is 141 g/mol. The standard InChI is InChI=1S/C7H11NO2/c1-3-4-5(2)6(8)7(9)10/h5-6H,8H2,1-2H3,(H,9,10)/t5?,6-/m1/s1. The van der Waals surface area contributed by atoms with Crippen LogP contribution in [-0.2, 0) is 4.79 Å². The van der Waals surface area contributed by atoms with Gasteiger partial charge in [0.25, 0.3) is 0 Å². The molecule has 0 radical (unpaired) electrons. The van der Waals surface area contributed by atoms with Crippen LogP contribution in [0.2, 0.25) is 0 Å². The Bertz CT molecular complexity index is 178. The van der Waals surface area contributed by atoms with Crippen molar-refractivity contribution in [2.45, 2.75) is 19.9 Å². The predicted octanol–water partition coefficient (Wildman–Crippen LogP) is 0.0577. The van der Waals surface area contributed by atoms with Gasteiger partial charge >= 0.3 is 5.97 Å². The second-order valence-corrected chi connectivity index (χ2v) is 2.05. The third-order valence-corrected chi connectivity index (χ3v) is 1.20. The van der Waals surface area contributed by atoms with Crippen molar-refractivity contribution in [2.75, 3.05) is 0 Å². The number of hydrogen-bond donors (Lipinski definition) is 2. The molecule has 0 aliphatic rings. The van der Waals surface area contributed by atoms with Crippen LogP contribution in [0.4, 0.5) is 0 Å². The van der Waals surface area contributed by atoms with E-state index in [0.717, 1.165) is 0 Å². The Morgan fingerprint density at radius 3 is 2.50 bits per heavy atom. The fourth-order valence-corrected chi connectivity index (χ4v) is 0.531. The second-order valence-electron chi connectivity index (χ2n) is 2.05. The van der Waals surface area contributed by atoms with E-state index >= 15 is 0 Å². The van der Waals surface area contributed by atoms with Crippen molar-refractivity contribution in [3.05, 3.63) is 0 Å². The van der Waals surface area contributed by atoms with Crippen LogP contribution < -0.4 is 5.73 Å². The van der Waals surface area contributed by atoms with Crippen LogP contribution >= 0.6 is 0 Å². The van der Waals surface area contributed by atoms with E-state index in [4.69, 9.17) is 10.8 Å². The molecule has 3 nitrogen and oxygen atoms in total. The molecule has 0 saturated heterocycles. The van der Waals surface area contributed by atoms with E-state index in [2.05, 4.69) is 11.8 Å². The molecule has 0 aromatic heterocycles. The number of aliphatic carboxylic acids is 1. The Balaban J connectivity index is 4.02. The molecule has 0 saturated carbocycles. The molecule has 0 amide bonds. The molecule has 1 unspecified atom stereocenters. The summed E-state index contributed by atoms with van der Waals surface area (Å²) in [5, 5.41) is 8.39. The minimum atomic E-state index is -1.00. The molecule has 0 aliphatic heterocycles. The first-order valence-electron chi connectivity index (χ1n) is 3.00. The highest BCUT2D eigenvalue weighted by molar-refractivity contribution is 5.74. The molecule has 3 N–H and O–H groups in total. The number of rotatable bonds is 2. The molecule has 56 valence electrons. The first kappa shape index (κ1) is 8.99. The molecule has 0 rings (SSSR count). The zero-order valence-electron chi connectivity index (χ0n) is 6.09. The summed E-state index contributed by atoms with van der Waals surface area (Å²) in [4.78, 5) is 10.2. The molecule has 0 fully saturated rings. The molecule has 0 aromatic rings. The molecule has 10 heavy (non-hydrogen) atoms. The van der Waals surface area contributed by atoms with E-state index in [1.54, 1.807) is 13.8 Å². The summed E-state index contributed by atoms with van der Waals surface area (Å²) in [6, 6.07) is -0.868. The van der Waals surface area contributed by atoms with Crippen LogP contribution in [0.1, 0.15) is 13.8 Å². The lowest BCUT2D eigenvalue weighted by Gasteiger charge is -2.07. The summed E-state index contributed by atoms with van der Waals surface area (Å²) in [6.07, 6.45) is 0. The fourth-order valence-electron chi connectivity index (χ4n) is 0.531. The van der Waals surface area contributed by atoms with E-state index in [0.29, 0.717) is 0 Å². The number of carboxylic acids is 1. The van der Waals surface area contributed by atoms with Crippen molar-refractivity contribution in [1.82, 2.24) is 0 Å². The zero-order chi connectivity index (χ0) is 8.15. The van der Waals surface area contributed by atoms with Gasteiger partial charge in [0.15, 0.2) is 0 Å². The lowest BCUT2D eigenvalue weighted by atomic mass is 10.0. The van der Waals surface area contributed by atoms with Crippen LogP contribution in [0.5, 0.6) is 0 Å². The molecule has 3 heteroatoms. The molecule has 2 atom stereocenters. The van der Waals surface area contributed by atoms with E-state index in [9.17, 15) is 4.79 Å². The summed E-state index contributed by atoms with van der Waals surface area (Å²) in [6.45, 7) is 3.35. The van der Waals surface area contributed by atoms with Gasteiger partial charge in [0.05, 0.1) is 0 Å². The maximum atomic E-state index is 10.2. The van der Waals surface area contributed by atoms with Crippen molar-refractivity contribution in [1.29, 1.82) is 0 Å². The third-order valence-electron chi connectivity index (χ3n) is 1.20. The van der Waals surface area contributed by atoms with Gasteiger partial charge in [-0.2, -0.15) is 0 Å². The fraction of sp³-hybridized carbons (Fsp3) is 0.571. The number of carbonyl (C=O) groups is 1. The summed E-state index contributed by atoms with van der Waals surface area (Å²) in [7, 11) is 0. The van der Waals surface area contributed by atoms with Gasteiger partial charge in [-0.3, -0.25) is 4.79 Å². The highest BCUT2D eigenvalue weighted by Crippen LogP contribution is 1.97. The van der Waals surface area contributed by atoms with Gasteiger partial charge in [-0.05, 0) is 13.8 Å². The van der Waals surface area contributed by atoms with E-state index < -0.39 is 12.0 Å². The van der Waals surface area contributed by atoms with E-state index in [1.807, 2.05) is 0 Å². The van der Waals surface area contributed by atoms with Crippen molar-refractivity contribution in [3.8, 4) is 11.8 Å². The molecule has 0 spiro atoms. The largest absolute Gasteiger partial charge is 0.480 e. The van der Waals surface area contributed by atoms with Crippen LogP contribution in [0.25, 0.3) is 0 Å². The van der Waals surface area contributed by atoms with Gasteiger partial charge < -0.3 is 10.8 Å². The maximum absolute atomic E-state index is 10.2. The van der Waals surface area contributed by atoms with Gasteiger partial charge in [-0.25, -0.2) is 0 Å². The maximum Gasteiger partial charge on any atom is 0.321 e. The van der Waals surface area contributed by atoms with Crippen molar-refractivity contribution in [3.63, 3.8) is 0 Å². The molecule has 0 aromatic carbocycles. The number of nitrogens with two attached hydrogens (primary N) is 1. The number of hydrogen-bond acceptors (Lipinski definition) is 2. The summed E-state index contributed by atoms with van der Waals surface area (Å²) in [5.74, 6) is 4.00. The Hall–Kier alpha value is -1.01. The van der Waals surface area contributed by atoms with Crippen molar-refractivity contribution in [2.24, 2.45) is 11.7 Å². The predicted molar refractivity (Wildman–Crippen MR) is 38.2 cm³/mol. The van der Waals surface area contributed by atoms with Crippen molar-refractivity contribution >= 4 is 5.97 Å². The lowest BCUT2D eigenvalue weighted by Crippen LogP contribution is -2.35. The molecular weight excluding hydrogens is 130 g/mol. The van der Waals surface area contributed by atoms with Crippen LogP contribution in [-0.4, -0.2) is 17.1 Å². The normalized spacial score (nSPS) is 14.7. The van der Waals surface area contributed by atoms with Gasteiger partial charge in [0.2, 0.25) is 0 Å². The highest BCUT2D eigenvalue weighted by Gasteiger charge is 2.17. The summed E-state index contributed by atoms with van der Waals surface area (Å²) in [5.41, 5.74) is 5.24. The molecular formula is C7H11NO2. The zero-order valence-corrected chi connectivity index (χ0v) is 6.09. The third kappa shape index (κ3) is 2.51. The van der Waals surface area contributed by atoms with Gasteiger partial charge in [0, 0.05) is 5.92 Å². The molecule has 0 aliphatic carbocycles. The summed E-state index contributed by atoms with van der Waals surface area (Å²) >= 11 is 0. The quantitative estimate of drug-likeness (QED) is 0.534. The smallest absolute Gasteiger partial charge is 0.321 e. The van der Waals surface area contributed by atoms with Gasteiger partial charge in [-0.15, -0.1) is 5.92 Å². The lowest BCUT2D eigenvalue weighted by molar-refractivity contribution is -0.139. The summed E-state index contributed by atoms with van der Waals surface area (Å²) < 4.78 is 0. The van der Waals surface area contributed by atoms with E-state index in [1.165, 1.54) is 0 Å². The Kier molecular flexibility index (Phi) is 3.52. The molecule has 0 bridgehead atoms. The minimum absolute atomic E-state index is 0.275. The Labute approximate surface area is 60.2 Å². The average Bonchev–Trinajstić information content (AvgIpc) is 1.87.